The average Bonchev–Trinajstić information content (AvgIpc) is 3.14. The molecule has 2 heterocycles. The van der Waals surface area contributed by atoms with Gasteiger partial charge in [0.05, 0.1) is 21.9 Å². The Morgan fingerprint density at radius 3 is 2.36 bits per heavy atom. The summed E-state index contributed by atoms with van der Waals surface area (Å²) in [6.45, 7) is 6.19. The van der Waals surface area contributed by atoms with Crippen LogP contribution in [-0.2, 0) is 24.4 Å². The molecule has 0 aliphatic carbocycles. The predicted octanol–water partition coefficient (Wildman–Crippen LogP) is 1.32. The standard InChI is InChI=1S/C23H24N6O4/c1-4-27-14(3)24-17-12-15(10-11-19(17)27)21(31)26-25-20(30)13-29-18-9-7-6-8-16(18)22(32)28(5-2)23(29)33/h6-12H,4-5,13H2,1-3H3,(H,25,30)(H,26,31). The summed E-state index contributed by atoms with van der Waals surface area (Å²) in [5.74, 6) is -0.266. The van der Waals surface area contributed by atoms with E-state index in [1.165, 1.54) is 4.57 Å². The van der Waals surface area contributed by atoms with E-state index in [4.69, 9.17) is 0 Å². The summed E-state index contributed by atoms with van der Waals surface area (Å²) < 4.78 is 4.32. The first-order valence-corrected chi connectivity index (χ1v) is 10.6. The van der Waals surface area contributed by atoms with Crippen LogP contribution >= 0.6 is 0 Å². The Hall–Kier alpha value is -4.21. The minimum atomic E-state index is -0.607. The molecule has 10 nitrogen and oxygen atoms in total. The molecule has 0 saturated heterocycles. The lowest BCUT2D eigenvalue weighted by Gasteiger charge is -2.13. The van der Waals surface area contributed by atoms with Crippen molar-refractivity contribution in [2.75, 3.05) is 0 Å². The summed E-state index contributed by atoms with van der Waals surface area (Å²) >= 11 is 0. The van der Waals surface area contributed by atoms with Gasteiger partial charge in [-0.15, -0.1) is 0 Å². The van der Waals surface area contributed by atoms with Crippen molar-refractivity contribution in [1.82, 2.24) is 29.5 Å². The van der Waals surface area contributed by atoms with Gasteiger partial charge in [-0.3, -0.25) is 34.4 Å². The summed E-state index contributed by atoms with van der Waals surface area (Å²) in [6, 6.07) is 11.7. The molecule has 0 unspecified atom stereocenters. The zero-order valence-corrected chi connectivity index (χ0v) is 18.6. The lowest BCUT2D eigenvalue weighted by Crippen LogP contribution is -2.46. The molecular weight excluding hydrogens is 424 g/mol. The van der Waals surface area contributed by atoms with Gasteiger partial charge in [0.15, 0.2) is 0 Å². The average molecular weight is 448 g/mol. The predicted molar refractivity (Wildman–Crippen MR) is 124 cm³/mol. The van der Waals surface area contributed by atoms with E-state index in [-0.39, 0.29) is 13.1 Å². The lowest BCUT2D eigenvalue weighted by molar-refractivity contribution is -0.122. The van der Waals surface area contributed by atoms with Gasteiger partial charge in [-0.25, -0.2) is 9.78 Å². The zero-order chi connectivity index (χ0) is 23.7. The highest BCUT2D eigenvalue weighted by molar-refractivity contribution is 5.98. The molecule has 0 aliphatic rings. The maximum Gasteiger partial charge on any atom is 0.331 e. The number of nitrogens with zero attached hydrogens (tertiary/aromatic N) is 4. The van der Waals surface area contributed by atoms with Gasteiger partial charge in [0.1, 0.15) is 12.4 Å². The number of para-hydroxylation sites is 1. The highest BCUT2D eigenvalue weighted by Gasteiger charge is 2.16. The second-order valence-corrected chi connectivity index (χ2v) is 7.54. The Morgan fingerprint density at radius 2 is 1.64 bits per heavy atom. The van der Waals surface area contributed by atoms with Crippen molar-refractivity contribution in [3.63, 3.8) is 0 Å². The van der Waals surface area contributed by atoms with Crippen LogP contribution in [0, 0.1) is 6.92 Å². The first-order valence-electron chi connectivity index (χ1n) is 10.6. The molecule has 0 atom stereocenters. The third-order valence-corrected chi connectivity index (χ3v) is 5.58. The normalized spacial score (nSPS) is 11.1. The Kier molecular flexibility index (Phi) is 5.82. The number of carbonyl (C=O) groups excluding carboxylic acids is 2. The molecule has 4 aromatic rings. The zero-order valence-electron chi connectivity index (χ0n) is 18.6. The fourth-order valence-electron chi connectivity index (χ4n) is 3.97. The van der Waals surface area contributed by atoms with E-state index >= 15 is 0 Å². The van der Waals surface area contributed by atoms with Crippen molar-refractivity contribution in [2.45, 2.75) is 40.4 Å². The SMILES string of the molecule is CCn1c(=O)c2ccccc2n(CC(=O)NNC(=O)c2ccc3c(c2)nc(C)n3CC)c1=O. The molecule has 170 valence electrons. The van der Waals surface area contributed by atoms with E-state index < -0.39 is 23.1 Å². The van der Waals surface area contributed by atoms with Crippen LogP contribution in [0.25, 0.3) is 21.9 Å². The molecule has 33 heavy (non-hydrogen) atoms. The van der Waals surface area contributed by atoms with Crippen LogP contribution in [-0.4, -0.2) is 30.5 Å². The van der Waals surface area contributed by atoms with Crippen LogP contribution in [0.3, 0.4) is 0 Å². The van der Waals surface area contributed by atoms with Gasteiger partial charge >= 0.3 is 5.69 Å². The molecular formula is C23H24N6O4. The molecule has 2 aromatic heterocycles. The fraction of sp³-hybridized carbons (Fsp3) is 0.261. The van der Waals surface area contributed by atoms with Crippen LogP contribution in [0.1, 0.15) is 30.0 Å². The van der Waals surface area contributed by atoms with Crippen LogP contribution in [0.15, 0.2) is 52.1 Å². The number of aromatic nitrogens is 4. The largest absolute Gasteiger partial charge is 0.331 e. The number of imidazole rings is 1. The summed E-state index contributed by atoms with van der Waals surface area (Å²) in [6.07, 6.45) is 0. The van der Waals surface area contributed by atoms with Gasteiger partial charge in [-0.05, 0) is 51.1 Å². The highest BCUT2D eigenvalue weighted by Crippen LogP contribution is 2.17. The fourth-order valence-corrected chi connectivity index (χ4v) is 3.97. The maximum atomic E-state index is 12.8. The second kappa shape index (κ2) is 8.73. The van der Waals surface area contributed by atoms with Gasteiger partial charge in [-0.1, -0.05) is 12.1 Å². The molecule has 0 spiro atoms. The number of nitrogens with one attached hydrogen (secondary N) is 2. The molecule has 2 aromatic carbocycles. The number of fused-ring (bicyclic) bond motifs is 2. The minimum absolute atomic E-state index is 0.177. The molecule has 0 aliphatic heterocycles. The Bertz CT molecular complexity index is 1510. The molecule has 0 saturated carbocycles. The Morgan fingerprint density at radius 1 is 0.909 bits per heavy atom. The van der Waals surface area contributed by atoms with Gasteiger partial charge in [-0.2, -0.15) is 0 Å². The third-order valence-electron chi connectivity index (χ3n) is 5.58. The number of hydrazine groups is 1. The first kappa shape index (κ1) is 22.0. The summed E-state index contributed by atoms with van der Waals surface area (Å²) in [5.41, 5.74) is 6.02. The Labute approximate surface area is 188 Å². The number of aryl methyl sites for hydroxylation is 2. The summed E-state index contributed by atoms with van der Waals surface area (Å²) in [4.78, 5) is 54.8. The summed E-state index contributed by atoms with van der Waals surface area (Å²) in [7, 11) is 0. The van der Waals surface area contributed by atoms with E-state index in [0.717, 1.165) is 22.5 Å². The van der Waals surface area contributed by atoms with Crippen molar-refractivity contribution < 1.29 is 9.59 Å². The number of amides is 2. The van der Waals surface area contributed by atoms with E-state index in [0.29, 0.717) is 22.0 Å². The second-order valence-electron chi connectivity index (χ2n) is 7.54. The molecule has 2 amide bonds. The van der Waals surface area contributed by atoms with Crippen molar-refractivity contribution in [3.8, 4) is 0 Å². The smallest absolute Gasteiger partial charge is 0.329 e. The van der Waals surface area contributed by atoms with Crippen LogP contribution in [0.4, 0.5) is 0 Å². The quantitative estimate of drug-likeness (QED) is 0.446. The van der Waals surface area contributed by atoms with E-state index in [1.807, 2.05) is 24.5 Å². The number of hydrogen-bond acceptors (Lipinski definition) is 5. The highest BCUT2D eigenvalue weighted by atomic mass is 16.2. The van der Waals surface area contributed by atoms with Crippen molar-refractivity contribution in [3.05, 3.63) is 74.7 Å². The minimum Gasteiger partial charge on any atom is -0.329 e. The molecule has 0 bridgehead atoms. The van der Waals surface area contributed by atoms with Gasteiger partial charge < -0.3 is 4.57 Å². The Balaban J connectivity index is 1.53. The first-order chi connectivity index (χ1) is 15.8. The number of benzene rings is 2. The molecule has 0 fully saturated rings. The molecule has 0 radical (unpaired) electrons. The topological polar surface area (TPSA) is 120 Å². The van der Waals surface area contributed by atoms with Crippen LogP contribution in [0.5, 0.6) is 0 Å². The van der Waals surface area contributed by atoms with E-state index in [9.17, 15) is 19.2 Å². The summed E-state index contributed by atoms with van der Waals surface area (Å²) in [5, 5.41) is 0.339. The number of hydrogen-bond donors (Lipinski definition) is 2. The van der Waals surface area contributed by atoms with Gasteiger partial charge in [0.2, 0.25) is 0 Å². The number of rotatable bonds is 5. The molecule has 2 N–H and O–H groups in total. The van der Waals surface area contributed by atoms with Gasteiger partial charge in [0.25, 0.3) is 17.4 Å². The third kappa shape index (κ3) is 3.91. The van der Waals surface area contributed by atoms with E-state index in [2.05, 4.69) is 15.8 Å². The van der Waals surface area contributed by atoms with Crippen LogP contribution < -0.4 is 22.1 Å². The van der Waals surface area contributed by atoms with Crippen molar-refractivity contribution >= 4 is 33.8 Å². The van der Waals surface area contributed by atoms with Gasteiger partial charge in [0, 0.05) is 18.7 Å². The number of carbonyl (C=O) groups is 2. The lowest BCUT2D eigenvalue weighted by atomic mass is 10.2. The van der Waals surface area contributed by atoms with Crippen molar-refractivity contribution in [2.24, 2.45) is 0 Å². The maximum absolute atomic E-state index is 12.8. The monoisotopic (exact) mass is 448 g/mol. The van der Waals surface area contributed by atoms with E-state index in [1.54, 1.807) is 43.3 Å². The van der Waals surface area contributed by atoms with Crippen molar-refractivity contribution in [1.29, 1.82) is 0 Å². The molecule has 4 rings (SSSR count). The molecule has 10 heteroatoms. The van der Waals surface area contributed by atoms with Crippen LogP contribution in [0.2, 0.25) is 0 Å².